The van der Waals surface area contributed by atoms with E-state index in [2.05, 4.69) is 15.3 Å². The van der Waals surface area contributed by atoms with Gasteiger partial charge in [0.15, 0.2) is 5.65 Å². The van der Waals surface area contributed by atoms with Crippen LogP contribution >= 0.6 is 11.3 Å². The molecule has 0 aliphatic heterocycles. The van der Waals surface area contributed by atoms with Gasteiger partial charge in [-0.1, -0.05) is 6.07 Å². The smallest absolute Gasteiger partial charge is 0.266 e. The van der Waals surface area contributed by atoms with Gasteiger partial charge in [-0.3, -0.25) is 4.79 Å². The Hall–Kier alpha value is -2.52. The minimum Gasteiger partial charge on any atom is -0.266 e. The van der Waals surface area contributed by atoms with Gasteiger partial charge in [0.1, 0.15) is 4.70 Å². The Morgan fingerprint density at radius 1 is 1.17 bits per heavy atom. The lowest BCUT2D eigenvalue weighted by molar-refractivity contribution is 0.592. The fourth-order valence-electron chi connectivity index (χ4n) is 2.51. The molecule has 1 aromatic carbocycles. The molecule has 0 saturated carbocycles. The van der Waals surface area contributed by atoms with Crippen molar-refractivity contribution >= 4 is 37.0 Å². The Morgan fingerprint density at radius 3 is 2.71 bits per heavy atom. The van der Waals surface area contributed by atoms with Crippen molar-refractivity contribution in [2.24, 2.45) is 0 Å². The minimum absolute atomic E-state index is 0.00382. The van der Waals surface area contributed by atoms with Crippen LogP contribution in [0.5, 0.6) is 0 Å². The Balaban J connectivity index is 2.03. The first-order valence-corrected chi connectivity index (χ1v) is 9.42. The molecule has 9 heteroatoms. The molecule has 0 atom stereocenters. The predicted molar refractivity (Wildman–Crippen MR) is 90.4 cm³/mol. The summed E-state index contributed by atoms with van der Waals surface area (Å²) in [5.41, 5.74) is 1.96. The normalized spacial score (nSPS) is 12.2. The van der Waals surface area contributed by atoms with Crippen LogP contribution in [0.3, 0.4) is 0 Å². The van der Waals surface area contributed by atoms with E-state index in [0.717, 1.165) is 11.1 Å². The summed E-state index contributed by atoms with van der Waals surface area (Å²) < 4.78 is 27.7. The lowest BCUT2D eigenvalue weighted by Gasteiger charge is -2.05. The van der Waals surface area contributed by atoms with E-state index in [-0.39, 0.29) is 15.6 Å². The molecule has 0 bridgehead atoms. The number of nitrogens with zero attached hydrogens (tertiary/aromatic N) is 3. The van der Waals surface area contributed by atoms with E-state index in [0.29, 0.717) is 10.2 Å². The highest BCUT2D eigenvalue weighted by Gasteiger charge is 2.26. The number of aryl methyl sites for hydroxylation is 2. The lowest BCUT2D eigenvalue weighted by Crippen LogP contribution is -2.10. The highest BCUT2D eigenvalue weighted by molar-refractivity contribution is 7.91. The maximum atomic E-state index is 12.9. The fourth-order valence-corrected chi connectivity index (χ4v) is 4.61. The molecular weight excluding hydrogens is 348 g/mol. The standard InChI is InChI=1S/C15H12N4O3S2/c1-8-3-4-10(7-9(8)2)24(21,22)15-13-16-14(20)12-11(5-6-23-12)19(13)18-17-15/h3-7,18H,1-2H3. The van der Waals surface area contributed by atoms with Crippen molar-refractivity contribution in [2.45, 2.75) is 23.8 Å². The van der Waals surface area contributed by atoms with Crippen molar-refractivity contribution in [1.29, 1.82) is 0 Å². The van der Waals surface area contributed by atoms with Gasteiger partial charge < -0.3 is 0 Å². The number of hydrogen-bond acceptors (Lipinski definition) is 6. The molecule has 24 heavy (non-hydrogen) atoms. The third-order valence-corrected chi connectivity index (χ3v) is 6.53. The number of thiophene rings is 1. The molecule has 3 aromatic heterocycles. The quantitative estimate of drug-likeness (QED) is 0.590. The van der Waals surface area contributed by atoms with Gasteiger partial charge in [-0.15, -0.1) is 16.4 Å². The molecule has 0 fully saturated rings. The monoisotopic (exact) mass is 360 g/mol. The van der Waals surface area contributed by atoms with Crippen LogP contribution in [-0.4, -0.2) is 28.2 Å². The maximum Gasteiger partial charge on any atom is 0.291 e. The molecule has 0 unspecified atom stereocenters. The molecular formula is C15H12N4O3S2. The van der Waals surface area contributed by atoms with E-state index in [1.807, 2.05) is 13.8 Å². The van der Waals surface area contributed by atoms with Crippen LogP contribution in [0.15, 0.2) is 44.4 Å². The molecule has 4 rings (SSSR count). The highest BCUT2D eigenvalue weighted by Crippen LogP contribution is 2.25. The van der Waals surface area contributed by atoms with Crippen molar-refractivity contribution in [3.8, 4) is 0 Å². The van der Waals surface area contributed by atoms with Crippen molar-refractivity contribution < 1.29 is 8.42 Å². The molecule has 1 N–H and O–H groups in total. The average molecular weight is 360 g/mol. The first-order chi connectivity index (χ1) is 11.4. The molecule has 3 heterocycles. The largest absolute Gasteiger partial charge is 0.291 e. The van der Waals surface area contributed by atoms with Gasteiger partial charge in [-0.2, -0.15) is 4.98 Å². The molecule has 0 saturated heterocycles. The summed E-state index contributed by atoms with van der Waals surface area (Å²) in [4.78, 5) is 16.2. The highest BCUT2D eigenvalue weighted by atomic mass is 32.2. The number of benzene rings is 1. The second kappa shape index (κ2) is 4.99. The summed E-state index contributed by atoms with van der Waals surface area (Å²) in [7, 11) is -3.89. The van der Waals surface area contributed by atoms with Crippen LogP contribution in [0.25, 0.3) is 15.9 Å². The van der Waals surface area contributed by atoms with Crippen molar-refractivity contribution in [2.75, 3.05) is 0 Å². The number of aromatic nitrogens is 4. The number of hydrogen-bond donors (Lipinski definition) is 1. The van der Waals surface area contributed by atoms with E-state index >= 15 is 0 Å². The number of H-pyrrole nitrogens is 1. The van der Waals surface area contributed by atoms with Crippen LogP contribution in [-0.2, 0) is 9.84 Å². The van der Waals surface area contributed by atoms with Gasteiger partial charge >= 0.3 is 0 Å². The summed E-state index contributed by atoms with van der Waals surface area (Å²) in [6.45, 7) is 3.75. The molecule has 122 valence electrons. The first-order valence-electron chi connectivity index (χ1n) is 7.06. The number of rotatable bonds is 2. The van der Waals surface area contributed by atoms with Crippen molar-refractivity contribution in [1.82, 2.24) is 19.8 Å². The van der Waals surface area contributed by atoms with E-state index < -0.39 is 15.4 Å². The van der Waals surface area contributed by atoms with E-state index in [4.69, 9.17) is 0 Å². The molecule has 4 aromatic rings. The summed E-state index contributed by atoms with van der Waals surface area (Å²) in [6.07, 6.45) is 0. The van der Waals surface area contributed by atoms with Gasteiger partial charge in [0.2, 0.25) is 14.9 Å². The predicted octanol–water partition coefficient (Wildman–Crippen LogP) is 2.08. The summed E-state index contributed by atoms with van der Waals surface area (Å²) in [5.74, 6) is 0. The SMILES string of the molecule is Cc1ccc(S(=O)(=O)c2n[nH]n3c2nc(=O)c2sccc23)cc1C. The number of fused-ring (bicyclic) bond motifs is 3. The zero-order chi connectivity index (χ0) is 17.1. The topological polar surface area (TPSA) is 97.2 Å². The first kappa shape index (κ1) is 15.0. The minimum atomic E-state index is -3.89. The van der Waals surface area contributed by atoms with Gasteiger partial charge in [-0.25, -0.2) is 18.1 Å². The second-order valence-corrected chi connectivity index (χ2v) is 8.26. The third kappa shape index (κ3) is 2.01. The molecule has 0 aliphatic rings. The van der Waals surface area contributed by atoms with Gasteiger partial charge in [-0.05, 0) is 48.6 Å². The zero-order valence-corrected chi connectivity index (χ0v) is 14.4. The maximum absolute atomic E-state index is 12.9. The lowest BCUT2D eigenvalue weighted by atomic mass is 10.1. The molecule has 7 nitrogen and oxygen atoms in total. The van der Waals surface area contributed by atoms with E-state index in [1.54, 1.807) is 23.6 Å². The second-order valence-electron chi connectivity index (χ2n) is 5.48. The third-order valence-electron chi connectivity index (χ3n) is 3.98. The summed E-state index contributed by atoms with van der Waals surface area (Å²) in [6, 6.07) is 6.59. The number of sulfone groups is 1. The molecule has 0 radical (unpaired) electrons. The fraction of sp³-hybridized carbons (Fsp3) is 0.133. The van der Waals surface area contributed by atoms with Crippen LogP contribution in [0.2, 0.25) is 0 Å². The Labute approximate surface area is 140 Å². The average Bonchev–Trinajstić information content (AvgIpc) is 3.16. The molecule has 0 spiro atoms. The van der Waals surface area contributed by atoms with Crippen LogP contribution in [0.4, 0.5) is 0 Å². The van der Waals surface area contributed by atoms with Crippen LogP contribution in [0, 0.1) is 13.8 Å². The molecule has 0 aliphatic carbocycles. The van der Waals surface area contributed by atoms with Gasteiger partial charge in [0, 0.05) is 0 Å². The van der Waals surface area contributed by atoms with Crippen molar-refractivity contribution in [3.05, 3.63) is 51.1 Å². The Bertz CT molecular complexity index is 1270. The van der Waals surface area contributed by atoms with Crippen LogP contribution in [0.1, 0.15) is 11.1 Å². The number of nitrogens with one attached hydrogen (secondary N) is 1. The Morgan fingerprint density at radius 2 is 1.96 bits per heavy atom. The Kier molecular flexibility index (Phi) is 3.12. The number of aromatic amines is 1. The zero-order valence-electron chi connectivity index (χ0n) is 12.8. The van der Waals surface area contributed by atoms with Crippen molar-refractivity contribution in [3.63, 3.8) is 0 Å². The summed E-state index contributed by atoms with van der Waals surface area (Å²) in [5, 5.41) is 8.05. The summed E-state index contributed by atoms with van der Waals surface area (Å²) >= 11 is 1.25. The van der Waals surface area contributed by atoms with Crippen LogP contribution < -0.4 is 5.56 Å². The van der Waals surface area contributed by atoms with Gasteiger partial charge in [0.25, 0.3) is 5.56 Å². The van der Waals surface area contributed by atoms with Gasteiger partial charge in [0.05, 0.1) is 10.4 Å². The molecule has 0 amide bonds. The van der Waals surface area contributed by atoms with E-state index in [1.165, 1.54) is 21.9 Å². The van der Waals surface area contributed by atoms with E-state index in [9.17, 15) is 13.2 Å².